The molecule has 4 nitrogen and oxygen atoms in total. The first-order valence-corrected chi connectivity index (χ1v) is 6.05. The standard InChI is InChI=1S/C15H15NO3/c1-3-19-14(18)8-7-11-5-4-6-13-12(10-17)9-16(2)15(11)13/h4-10H,3H2,1-2H3. The number of aryl methyl sites for hydroxylation is 1. The number of fused-ring (bicyclic) bond motifs is 1. The number of benzene rings is 1. The van der Waals surface area contributed by atoms with Gasteiger partial charge in [-0.3, -0.25) is 4.79 Å². The molecule has 1 aromatic heterocycles. The summed E-state index contributed by atoms with van der Waals surface area (Å²) in [5.41, 5.74) is 2.44. The molecule has 0 unspecified atom stereocenters. The minimum Gasteiger partial charge on any atom is -0.463 e. The van der Waals surface area contributed by atoms with Crippen molar-refractivity contribution in [3.8, 4) is 0 Å². The van der Waals surface area contributed by atoms with Crippen LogP contribution in [0.3, 0.4) is 0 Å². The van der Waals surface area contributed by atoms with Gasteiger partial charge in [-0.05, 0) is 18.6 Å². The van der Waals surface area contributed by atoms with Crippen molar-refractivity contribution in [2.75, 3.05) is 6.61 Å². The molecule has 0 bridgehead atoms. The lowest BCUT2D eigenvalue weighted by atomic mass is 10.1. The summed E-state index contributed by atoms with van der Waals surface area (Å²) in [5.74, 6) is -0.371. The number of para-hydroxylation sites is 1. The highest BCUT2D eigenvalue weighted by Crippen LogP contribution is 2.23. The van der Waals surface area contributed by atoms with Gasteiger partial charge in [-0.1, -0.05) is 18.2 Å². The normalized spacial score (nSPS) is 11.1. The van der Waals surface area contributed by atoms with Gasteiger partial charge in [-0.25, -0.2) is 4.79 Å². The van der Waals surface area contributed by atoms with Crippen LogP contribution < -0.4 is 0 Å². The summed E-state index contributed by atoms with van der Waals surface area (Å²) in [6.07, 6.45) is 5.71. The third-order valence-electron chi connectivity index (χ3n) is 2.88. The van der Waals surface area contributed by atoms with Crippen molar-refractivity contribution in [1.82, 2.24) is 4.57 Å². The van der Waals surface area contributed by atoms with E-state index >= 15 is 0 Å². The highest BCUT2D eigenvalue weighted by molar-refractivity contribution is 6.01. The zero-order chi connectivity index (χ0) is 13.8. The maximum Gasteiger partial charge on any atom is 0.330 e. The molecule has 19 heavy (non-hydrogen) atoms. The Bertz CT molecular complexity index is 653. The lowest BCUT2D eigenvalue weighted by Gasteiger charge is -2.01. The number of rotatable bonds is 4. The molecule has 4 heteroatoms. The fraction of sp³-hybridized carbons (Fsp3) is 0.200. The Hall–Kier alpha value is -2.36. The Morgan fingerprint density at radius 3 is 2.84 bits per heavy atom. The van der Waals surface area contributed by atoms with E-state index in [2.05, 4.69) is 0 Å². The summed E-state index contributed by atoms with van der Waals surface area (Å²) >= 11 is 0. The van der Waals surface area contributed by atoms with Crippen LogP contribution in [0.1, 0.15) is 22.8 Å². The molecule has 1 heterocycles. The monoisotopic (exact) mass is 257 g/mol. The van der Waals surface area contributed by atoms with E-state index in [-0.39, 0.29) is 5.97 Å². The van der Waals surface area contributed by atoms with Gasteiger partial charge in [0.2, 0.25) is 0 Å². The summed E-state index contributed by atoms with van der Waals surface area (Å²) in [6, 6.07) is 5.65. The number of aromatic nitrogens is 1. The fourth-order valence-electron chi connectivity index (χ4n) is 2.11. The van der Waals surface area contributed by atoms with E-state index in [0.717, 1.165) is 22.8 Å². The van der Waals surface area contributed by atoms with Crippen molar-refractivity contribution in [3.63, 3.8) is 0 Å². The molecule has 0 radical (unpaired) electrons. The summed E-state index contributed by atoms with van der Waals surface area (Å²) in [4.78, 5) is 22.3. The first-order chi connectivity index (χ1) is 9.17. The Balaban J connectivity index is 2.47. The lowest BCUT2D eigenvalue weighted by molar-refractivity contribution is -0.137. The quantitative estimate of drug-likeness (QED) is 0.480. The molecule has 98 valence electrons. The highest BCUT2D eigenvalue weighted by atomic mass is 16.5. The maximum atomic E-state index is 11.3. The molecule has 0 saturated heterocycles. The minimum absolute atomic E-state index is 0.354. The van der Waals surface area contributed by atoms with Crippen LogP contribution in [0.4, 0.5) is 0 Å². The second kappa shape index (κ2) is 5.52. The minimum atomic E-state index is -0.371. The van der Waals surface area contributed by atoms with Gasteiger partial charge in [0.25, 0.3) is 0 Å². The molecule has 2 rings (SSSR count). The SMILES string of the molecule is CCOC(=O)C=Cc1cccc2c(C=O)cn(C)c12. The molecule has 0 aliphatic carbocycles. The summed E-state index contributed by atoms with van der Waals surface area (Å²) in [7, 11) is 1.87. The van der Waals surface area contributed by atoms with Crippen LogP contribution in [0.15, 0.2) is 30.5 Å². The maximum absolute atomic E-state index is 11.3. The molecule has 0 N–H and O–H groups in total. The Kier molecular flexibility index (Phi) is 3.80. The lowest BCUT2D eigenvalue weighted by Crippen LogP contribution is -1.98. The third-order valence-corrected chi connectivity index (χ3v) is 2.88. The van der Waals surface area contributed by atoms with Crippen LogP contribution in [-0.2, 0) is 16.6 Å². The van der Waals surface area contributed by atoms with E-state index in [0.29, 0.717) is 12.2 Å². The number of ether oxygens (including phenoxy) is 1. The highest BCUT2D eigenvalue weighted by Gasteiger charge is 2.08. The third kappa shape index (κ3) is 2.57. The first kappa shape index (κ1) is 13.1. The smallest absolute Gasteiger partial charge is 0.330 e. The second-order valence-corrected chi connectivity index (χ2v) is 4.14. The molecule has 0 aliphatic heterocycles. The number of esters is 1. The number of carbonyl (C=O) groups is 2. The topological polar surface area (TPSA) is 48.3 Å². The largest absolute Gasteiger partial charge is 0.463 e. The van der Waals surface area contributed by atoms with Crippen LogP contribution in [-0.4, -0.2) is 23.4 Å². The van der Waals surface area contributed by atoms with Gasteiger partial charge in [-0.2, -0.15) is 0 Å². The molecular formula is C15H15NO3. The number of hydrogen-bond donors (Lipinski definition) is 0. The molecule has 1 aromatic carbocycles. The van der Waals surface area contributed by atoms with Crippen molar-refractivity contribution in [1.29, 1.82) is 0 Å². The van der Waals surface area contributed by atoms with Crippen LogP contribution in [0.2, 0.25) is 0 Å². The number of carbonyl (C=O) groups excluding carboxylic acids is 2. The Labute approximate surface area is 111 Å². The van der Waals surface area contributed by atoms with Gasteiger partial charge >= 0.3 is 5.97 Å². The fourth-order valence-corrected chi connectivity index (χ4v) is 2.11. The number of nitrogens with zero attached hydrogens (tertiary/aromatic N) is 1. The molecule has 2 aromatic rings. The second-order valence-electron chi connectivity index (χ2n) is 4.14. The van der Waals surface area contributed by atoms with Crippen molar-refractivity contribution in [2.45, 2.75) is 6.92 Å². The Morgan fingerprint density at radius 1 is 1.37 bits per heavy atom. The molecule has 0 fully saturated rings. The van der Waals surface area contributed by atoms with Crippen molar-refractivity contribution < 1.29 is 14.3 Å². The molecule has 0 atom stereocenters. The van der Waals surface area contributed by atoms with Gasteiger partial charge in [0.05, 0.1) is 12.1 Å². The molecule has 0 saturated carbocycles. The molecule has 0 spiro atoms. The number of hydrogen-bond acceptors (Lipinski definition) is 3. The average Bonchev–Trinajstić information content (AvgIpc) is 2.74. The average molecular weight is 257 g/mol. The van der Waals surface area contributed by atoms with Crippen molar-refractivity contribution in [3.05, 3.63) is 41.6 Å². The van der Waals surface area contributed by atoms with Crippen LogP contribution in [0.5, 0.6) is 0 Å². The summed E-state index contributed by atoms with van der Waals surface area (Å²) in [5, 5.41) is 0.878. The van der Waals surface area contributed by atoms with Gasteiger partial charge in [0.15, 0.2) is 6.29 Å². The van der Waals surface area contributed by atoms with E-state index in [9.17, 15) is 9.59 Å². The molecule has 0 amide bonds. The zero-order valence-corrected chi connectivity index (χ0v) is 10.9. The van der Waals surface area contributed by atoms with Crippen molar-refractivity contribution >= 4 is 29.2 Å². The predicted molar refractivity (Wildman–Crippen MR) is 74.0 cm³/mol. The number of aldehydes is 1. The van der Waals surface area contributed by atoms with Gasteiger partial charge in [-0.15, -0.1) is 0 Å². The van der Waals surface area contributed by atoms with Crippen molar-refractivity contribution in [2.24, 2.45) is 7.05 Å². The predicted octanol–water partition coefficient (Wildman–Crippen LogP) is 2.57. The van der Waals surface area contributed by atoms with E-state index in [1.807, 2.05) is 29.8 Å². The zero-order valence-electron chi connectivity index (χ0n) is 10.9. The van der Waals surface area contributed by atoms with Gasteiger partial charge in [0, 0.05) is 30.3 Å². The van der Waals surface area contributed by atoms with Gasteiger partial charge < -0.3 is 9.30 Å². The molecule has 0 aliphatic rings. The summed E-state index contributed by atoms with van der Waals surface area (Å²) < 4.78 is 6.72. The van der Waals surface area contributed by atoms with E-state index in [1.165, 1.54) is 6.08 Å². The molecular weight excluding hydrogens is 242 g/mol. The van der Waals surface area contributed by atoms with E-state index in [1.54, 1.807) is 19.2 Å². The van der Waals surface area contributed by atoms with Crippen LogP contribution in [0, 0.1) is 0 Å². The van der Waals surface area contributed by atoms with E-state index < -0.39 is 0 Å². The van der Waals surface area contributed by atoms with E-state index in [4.69, 9.17) is 4.74 Å². The Morgan fingerprint density at radius 2 is 2.16 bits per heavy atom. The van der Waals surface area contributed by atoms with Gasteiger partial charge in [0.1, 0.15) is 0 Å². The van der Waals surface area contributed by atoms with Crippen LogP contribution >= 0.6 is 0 Å². The van der Waals surface area contributed by atoms with Crippen LogP contribution in [0.25, 0.3) is 17.0 Å². The first-order valence-electron chi connectivity index (χ1n) is 6.05. The summed E-state index contributed by atoms with van der Waals surface area (Å²) in [6.45, 7) is 2.12.